The van der Waals surface area contributed by atoms with E-state index in [0.717, 1.165) is 56.3 Å². The van der Waals surface area contributed by atoms with Gasteiger partial charge in [-0.05, 0) is 74.6 Å². The molecule has 0 fully saturated rings. The third-order valence-corrected chi connectivity index (χ3v) is 4.80. The van der Waals surface area contributed by atoms with Crippen LogP contribution in [0.1, 0.15) is 37.8 Å². The first kappa shape index (κ1) is 19.8. The molecule has 25 heavy (non-hydrogen) atoms. The number of rotatable bonds is 11. The summed E-state index contributed by atoms with van der Waals surface area (Å²) in [7, 11) is 0. The van der Waals surface area contributed by atoms with Crippen LogP contribution in [0.5, 0.6) is 5.75 Å². The number of halogens is 1. The van der Waals surface area contributed by atoms with Gasteiger partial charge in [0, 0.05) is 5.02 Å². The van der Waals surface area contributed by atoms with Gasteiger partial charge in [0.2, 0.25) is 0 Å². The predicted molar refractivity (Wildman–Crippen MR) is 108 cm³/mol. The second-order valence-electron chi connectivity index (χ2n) is 6.32. The zero-order valence-corrected chi connectivity index (χ0v) is 16.3. The zero-order valence-electron chi connectivity index (χ0n) is 15.5. The van der Waals surface area contributed by atoms with Crippen molar-refractivity contribution in [2.24, 2.45) is 0 Å². The average Bonchev–Trinajstić information content (AvgIpc) is 2.64. The van der Waals surface area contributed by atoms with Gasteiger partial charge in [-0.15, -0.1) is 0 Å². The molecule has 0 bridgehead atoms. The molecule has 2 nitrogen and oxygen atoms in total. The summed E-state index contributed by atoms with van der Waals surface area (Å²) in [6, 6.07) is 16.5. The molecule has 3 heteroatoms. The fraction of sp³-hybridized carbons (Fsp3) is 0.455. The fourth-order valence-electron chi connectivity index (χ4n) is 2.98. The number of nitrogens with zero attached hydrogens (tertiary/aromatic N) is 1. The molecule has 0 aromatic heterocycles. The van der Waals surface area contributed by atoms with E-state index in [1.807, 2.05) is 24.3 Å². The molecule has 2 rings (SSSR count). The predicted octanol–water partition coefficient (Wildman–Crippen LogP) is 5.63. The molecule has 0 heterocycles. The normalized spacial score (nSPS) is 11.0. The number of para-hydroxylation sites is 1. The van der Waals surface area contributed by atoms with Crippen molar-refractivity contribution < 1.29 is 4.74 Å². The van der Waals surface area contributed by atoms with E-state index in [0.29, 0.717) is 0 Å². The molecule has 0 N–H and O–H groups in total. The van der Waals surface area contributed by atoms with Crippen molar-refractivity contribution in [1.82, 2.24) is 4.90 Å². The summed E-state index contributed by atoms with van der Waals surface area (Å²) >= 11 is 6.07. The molecule has 0 spiro atoms. The maximum atomic E-state index is 6.07. The second-order valence-corrected chi connectivity index (χ2v) is 6.76. The van der Waals surface area contributed by atoms with Gasteiger partial charge in [0.05, 0.1) is 6.61 Å². The molecule has 0 saturated heterocycles. The monoisotopic (exact) mass is 359 g/mol. The molecule has 136 valence electrons. The van der Waals surface area contributed by atoms with Crippen LogP contribution in [0.2, 0.25) is 5.02 Å². The Hall–Kier alpha value is -1.51. The van der Waals surface area contributed by atoms with E-state index in [9.17, 15) is 0 Å². The minimum Gasteiger partial charge on any atom is -0.493 e. The first-order chi connectivity index (χ1) is 12.2. The Labute approximate surface area is 157 Å². The summed E-state index contributed by atoms with van der Waals surface area (Å²) in [5.41, 5.74) is 2.53. The largest absolute Gasteiger partial charge is 0.493 e. The molecule has 0 saturated carbocycles. The lowest BCUT2D eigenvalue weighted by Gasteiger charge is -2.17. The van der Waals surface area contributed by atoms with E-state index in [1.165, 1.54) is 17.5 Å². The summed E-state index contributed by atoms with van der Waals surface area (Å²) in [4.78, 5) is 2.46. The summed E-state index contributed by atoms with van der Waals surface area (Å²) in [5, 5.41) is 0.801. The van der Waals surface area contributed by atoms with Gasteiger partial charge in [-0.2, -0.15) is 0 Å². The molecule has 0 amide bonds. The topological polar surface area (TPSA) is 12.5 Å². The Morgan fingerprint density at radius 1 is 0.920 bits per heavy atom. The van der Waals surface area contributed by atoms with Crippen LogP contribution in [0.4, 0.5) is 0 Å². The summed E-state index contributed by atoms with van der Waals surface area (Å²) in [5.74, 6) is 1.02. The summed E-state index contributed by atoms with van der Waals surface area (Å²) in [6.07, 6.45) is 4.23. The van der Waals surface area contributed by atoms with Gasteiger partial charge in [-0.25, -0.2) is 0 Å². The van der Waals surface area contributed by atoms with Gasteiger partial charge < -0.3 is 9.64 Å². The number of aryl methyl sites for hydroxylation is 2. The van der Waals surface area contributed by atoms with Crippen LogP contribution >= 0.6 is 11.6 Å². The molecule has 0 radical (unpaired) electrons. The van der Waals surface area contributed by atoms with E-state index in [4.69, 9.17) is 16.3 Å². The highest BCUT2D eigenvalue weighted by Crippen LogP contribution is 2.21. The van der Waals surface area contributed by atoms with Crippen LogP contribution in [-0.4, -0.2) is 31.1 Å². The Bertz CT molecular complexity index is 625. The third-order valence-electron chi connectivity index (χ3n) is 4.57. The van der Waals surface area contributed by atoms with Crippen LogP contribution < -0.4 is 4.74 Å². The number of unbranched alkanes of at least 4 members (excludes halogenated alkanes) is 1. The van der Waals surface area contributed by atoms with Crippen LogP contribution in [0, 0.1) is 0 Å². The van der Waals surface area contributed by atoms with Crippen molar-refractivity contribution in [3.8, 4) is 5.75 Å². The molecule has 0 aliphatic rings. The first-order valence-corrected chi connectivity index (χ1v) is 9.78. The van der Waals surface area contributed by atoms with Crippen molar-refractivity contribution in [2.75, 3.05) is 26.2 Å². The molecular weight excluding hydrogens is 330 g/mol. The van der Waals surface area contributed by atoms with E-state index in [1.54, 1.807) is 0 Å². The van der Waals surface area contributed by atoms with Crippen LogP contribution in [0.15, 0.2) is 48.5 Å². The minimum atomic E-state index is 0.787. The average molecular weight is 360 g/mol. The molecule has 0 unspecified atom stereocenters. The lowest BCUT2D eigenvalue weighted by atomic mass is 10.0. The Morgan fingerprint density at radius 2 is 1.72 bits per heavy atom. The maximum absolute atomic E-state index is 6.07. The van der Waals surface area contributed by atoms with Crippen molar-refractivity contribution in [3.63, 3.8) is 0 Å². The number of hydrogen-bond donors (Lipinski definition) is 0. The van der Waals surface area contributed by atoms with Gasteiger partial charge in [-0.1, -0.05) is 55.8 Å². The van der Waals surface area contributed by atoms with Crippen LogP contribution in [0.25, 0.3) is 0 Å². The Kier molecular flexibility index (Phi) is 8.85. The summed E-state index contributed by atoms with van der Waals surface area (Å²) < 4.78 is 6.05. The van der Waals surface area contributed by atoms with E-state index >= 15 is 0 Å². The fourth-order valence-corrected chi connectivity index (χ4v) is 3.19. The number of benzene rings is 2. The summed E-state index contributed by atoms with van der Waals surface area (Å²) in [6.45, 7) is 8.64. The van der Waals surface area contributed by atoms with Gasteiger partial charge >= 0.3 is 0 Å². The molecule has 0 atom stereocenters. The van der Waals surface area contributed by atoms with Gasteiger partial charge in [0.25, 0.3) is 0 Å². The smallest absolute Gasteiger partial charge is 0.122 e. The van der Waals surface area contributed by atoms with Crippen molar-refractivity contribution in [2.45, 2.75) is 39.5 Å². The molecule has 0 aliphatic heterocycles. The first-order valence-electron chi connectivity index (χ1n) is 9.40. The Balaban J connectivity index is 1.79. The highest BCUT2D eigenvalue weighted by atomic mass is 35.5. The quantitative estimate of drug-likeness (QED) is 0.482. The molecule has 0 aliphatic carbocycles. The van der Waals surface area contributed by atoms with Crippen molar-refractivity contribution in [1.29, 1.82) is 0 Å². The van der Waals surface area contributed by atoms with Crippen LogP contribution in [0.3, 0.4) is 0 Å². The zero-order chi connectivity index (χ0) is 17.9. The van der Waals surface area contributed by atoms with Crippen molar-refractivity contribution >= 4 is 11.6 Å². The van der Waals surface area contributed by atoms with E-state index < -0.39 is 0 Å². The van der Waals surface area contributed by atoms with Gasteiger partial charge in [0.15, 0.2) is 0 Å². The lowest BCUT2D eigenvalue weighted by molar-refractivity contribution is 0.265. The Morgan fingerprint density at radius 3 is 2.48 bits per heavy atom. The van der Waals surface area contributed by atoms with Crippen molar-refractivity contribution in [3.05, 3.63) is 64.7 Å². The van der Waals surface area contributed by atoms with Gasteiger partial charge in [-0.3, -0.25) is 0 Å². The highest BCUT2D eigenvalue weighted by molar-refractivity contribution is 6.30. The minimum absolute atomic E-state index is 0.787. The standard InChI is InChI=1S/C22H30ClNO/c1-3-24(4-2)16-7-8-17-25-22-13-6-5-11-20(22)15-14-19-10-9-12-21(23)18-19/h5-6,9-13,18H,3-4,7-8,14-17H2,1-2H3. The SMILES string of the molecule is CCN(CC)CCCCOc1ccccc1CCc1cccc(Cl)c1. The molecule has 2 aromatic rings. The van der Waals surface area contributed by atoms with E-state index in [-0.39, 0.29) is 0 Å². The van der Waals surface area contributed by atoms with Crippen LogP contribution in [-0.2, 0) is 12.8 Å². The highest BCUT2D eigenvalue weighted by Gasteiger charge is 2.05. The number of hydrogen-bond acceptors (Lipinski definition) is 2. The molecule has 2 aromatic carbocycles. The lowest BCUT2D eigenvalue weighted by Crippen LogP contribution is -2.24. The number of ether oxygens (including phenoxy) is 1. The van der Waals surface area contributed by atoms with E-state index in [2.05, 4.69) is 43.0 Å². The maximum Gasteiger partial charge on any atom is 0.122 e. The van der Waals surface area contributed by atoms with Gasteiger partial charge in [0.1, 0.15) is 5.75 Å². The molecular formula is C22H30ClNO. The second kappa shape index (κ2) is 11.2. The third kappa shape index (κ3) is 7.09.